The predicted molar refractivity (Wildman–Crippen MR) is 65.3 cm³/mol. The standard InChI is InChI=1S/C13H24N2/c1-11-5-7-12(8-6-11)10-15-13-4-2-3-9-14-13/h11-12H,2-10H2,1H3,(H,14,15). The first kappa shape index (κ1) is 11.0. The maximum absolute atomic E-state index is 4.53. The molecule has 2 nitrogen and oxygen atoms in total. The molecular weight excluding hydrogens is 184 g/mol. The van der Waals surface area contributed by atoms with Gasteiger partial charge in [-0.2, -0.15) is 0 Å². The van der Waals surface area contributed by atoms with Crippen LogP contribution in [-0.4, -0.2) is 18.9 Å². The molecule has 1 aliphatic heterocycles. The van der Waals surface area contributed by atoms with Crippen LogP contribution in [0.4, 0.5) is 0 Å². The largest absolute Gasteiger partial charge is 0.374 e. The van der Waals surface area contributed by atoms with E-state index in [0.717, 1.165) is 18.4 Å². The average Bonchev–Trinajstić information content (AvgIpc) is 2.30. The van der Waals surface area contributed by atoms with Crippen LogP contribution in [0.25, 0.3) is 0 Å². The van der Waals surface area contributed by atoms with E-state index >= 15 is 0 Å². The van der Waals surface area contributed by atoms with E-state index in [1.807, 2.05) is 0 Å². The van der Waals surface area contributed by atoms with Crippen molar-refractivity contribution in [2.45, 2.75) is 51.9 Å². The number of aliphatic imine (C=N–C) groups is 1. The summed E-state index contributed by atoms with van der Waals surface area (Å²) in [6.45, 7) is 4.60. The number of hydrogen-bond acceptors (Lipinski definition) is 2. The Bertz CT molecular complexity index is 215. The lowest BCUT2D eigenvalue weighted by Crippen LogP contribution is -2.32. The summed E-state index contributed by atoms with van der Waals surface area (Å²) in [5, 5.41) is 3.56. The van der Waals surface area contributed by atoms with Gasteiger partial charge in [0, 0.05) is 19.5 Å². The number of amidine groups is 1. The van der Waals surface area contributed by atoms with E-state index in [2.05, 4.69) is 17.2 Å². The molecule has 0 unspecified atom stereocenters. The lowest BCUT2D eigenvalue weighted by atomic mass is 9.83. The van der Waals surface area contributed by atoms with Gasteiger partial charge in [0.2, 0.25) is 0 Å². The molecule has 0 atom stereocenters. The van der Waals surface area contributed by atoms with Crippen LogP contribution in [0.2, 0.25) is 0 Å². The fraction of sp³-hybridized carbons (Fsp3) is 0.923. The van der Waals surface area contributed by atoms with Gasteiger partial charge in [0.15, 0.2) is 0 Å². The van der Waals surface area contributed by atoms with E-state index in [9.17, 15) is 0 Å². The maximum atomic E-state index is 4.53. The zero-order valence-electron chi connectivity index (χ0n) is 9.97. The van der Waals surface area contributed by atoms with E-state index in [1.165, 1.54) is 57.3 Å². The van der Waals surface area contributed by atoms with Gasteiger partial charge in [0.05, 0.1) is 5.84 Å². The Morgan fingerprint density at radius 1 is 1.20 bits per heavy atom. The minimum absolute atomic E-state index is 0.908. The lowest BCUT2D eigenvalue weighted by molar-refractivity contribution is 0.289. The van der Waals surface area contributed by atoms with Crippen molar-refractivity contribution in [1.29, 1.82) is 0 Å². The van der Waals surface area contributed by atoms with Gasteiger partial charge in [-0.1, -0.05) is 19.8 Å². The molecule has 0 amide bonds. The highest BCUT2D eigenvalue weighted by Gasteiger charge is 2.18. The average molecular weight is 208 g/mol. The summed E-state index contributed by atoms with van der Waals surface area (Å²) in [6.07, 6.45) is 9.49. The number of rotatable bonds is 2. The monoisotopic (exact) mass is 208 g/mol. The van der Waals surface area contributed by atoms with Gasteiger partial charge >= 0.3 is 0 Å². The van der Waals surface area contributed by atoms with Crippen molar-refractivity contribution in [2.24, 2.45) is 16.8 Å². The van der Waals surface area contributed by atoms with E-state index in [1.54, 1.807) is 0 Å². The van der Waals surface area contributed by atoms with Gasteiger partial charge in [-0.3, -0.25) is 4.99 Å². The normalized spacial score (nSPS) is 32.2. The number of hydrogen-bond donors (Lipinski definition) is 1. The minimum Gasteiger partial charge on any atom is -0.374 e. The molecule has 2 heteroatoms. The van der Waals surface area contributed by atoms with Gasteiger partial charge in [0.1, 0.15) is 0 Å². The van der Waals surface area contributed by atoms with Crippen molar-refractivity contribution >= 4 is 5.84 Å². The van der Waals surface area contributed by atoms with Gasteiger partial charge in [-0.15, -0.1) is 0 Å². The Balaban J connectivity index is 1.67. The Kier molecular flexibility index (Phi) is 4.04. The van der Waals surface area contributed by atoms with Gasteiger partial charge in [-0.25, -0.2) is 0 Å². The zero-order valence-corrected chi connectivity index (χ0v) is 9.97. The Morgan fingerprint density at radius 3 is 2.67 bits per heavy atom. The molecule has 0 aromatic heterocycles. The third-order valence-electron chi connectivity index (χ3n) is 3.85. The molecule has 0 aromatic rings. The maximum Gasteiger partial charge on any atom is 0.0963 e. The van der Waals surface area contributed by atoms with Crippen molar-refractivity contribution in [3.63, 3.8) is 0 Å². The first-order chi connectivity index (χ1) is 7.34. The Morgan fingerprint density at radius 2 is 2.00 bits per heavy atom. The summed E-state index contributed by atoms with van der Waals surface area (Å²) in [6, 6.07) is 0. The third-order valence-corrected chi connectivity index (χ3v) is 3.85. The molecule has 15 heavy (non-hydrogen) atoms. The molecule has 2 rings (SSSR count). The first-order valence-corrected chi connectivity index (χ1v) is 6.62. The molecular formula is C13H24N2. The van der Waals surface area contributed by atoms with Crippen LogP contribution in [0, 0.1) is 11.8 Å². The molecule has 0 aromatic carbocycles. The van der Waals surface area contributed by atoms with Crippen LogP contribution in [0.15, 0.2) is 4.99 Å². The molecule has 86 valence electrons. The second-order valence-corrected chi connectivity index (χ2v) is 5.29. The Hall–Kier alpha value is -0.530. The second-order valence-electron chi connectivity index (χ2n) is 5.29. The van der Waals surface area contributed by atoms with Crippen molar-refractivity contribution in [3.05, 3.63) is 0 Å². The molecule has 1 fully saturated rings. The van der Waals surface area contributed by atoms with Gasteiger partial charge < -0.3 is 5.32 Å². The highest BCUT2D eigenvalue weighted by molar-refractivity contribution is 5.82. The molecule has 0 radical (unpaired) electrons. The van der Waals surface area contributed by atoms with Crippen LogP contribution < -0.4 is 5.32 Å². The molecule has 1 N–H and O–H groups in total. The SMILES string of the molecule is CC1CCC(CNC2=NCCCC2)CC1. The van der Waals surface area contributed by atoms with Crippen molar-refractivity contribution in [3.8, 4) is 0 Å². The summed E-state index contributed by atoms with van der Waals surface area (Å²) in [4.78, 5) is 4.53. The van der Waals surface area contributed by atoms with E-state index in [-0.39, 0.29) is 0 Å². The summed E-state index contributed by atoms with van der Waals surface area (Å²) < 4.78 is 0. The van der Waals surface area contributed by atoms with Crippen LogP contribution in [0.3, 0.4) is 0 Å². The van der Waals surface area contributed by atoms with E-state index in [4.69, 9.17) is 0 Å². The highest BCUT2D eigenvalue weighted by atomic mass is 15.0. The summed E-state index contributed by atoms with van der Waals surface area (Å²) in [7, 11) is 0. The number of nitrogens with zero attached hydrogens (tertiary/aromatic N) is 1. The fourth-order valence-corrected chi connectivity index (χ4v) is 2.64. The minimum atomic E-state index is 0.908. The quantitative estimate of drug-likeness (QED) is 0.741. The van der Waals surface area contributed by atoms with Crippen LogP contribution >= 0.6 is 0 Å². The second kappa shape index (κ2) is 5.53. The Labute approximate surface area is 93.6 Å². The van der Waals surface area contributed by atoms with Crippen molar-refractivity contribution in [2.75, 3.05) is 13.1 Å². The van der Waals surface area contributed by atoms with Crippen molar-refractivity contribution in [1.82, 2.24) is 5.32 Å². The summed E-state index contributed by atoms with van der Waals surface area (Å²) >= 11 is 0. The molecule has 0 saturated heterocycles. The fourth-order valence-electron chi connectivity index (χ4n) is 2.64. The molecule has 1 heterocycles. The van der Waals surface area contributed by atoms with E-state index < -0.39 is 0 Å². The molecule has 0 bridgehead atoms. The smallest absolute Gasteiger partial charge is 0.0963 e. The van der Waals surface area contributed by atoms with Crippen molar-refractivity contribution < 1.29 is 0 Å². The summed E-state index contributed by atoms with van der Waals surface area (Å²) in [5.41, 5.74) is 0. The predicted octanol–water partition coefficient (Wildman–Crippen LogP) is 2.98. The first-order valence-electron chi connectivity index (χ1n) is 6.62. The number of nitrogens with one attached hydrogen (secondary N) is 1. The highest BCUT2D eigenvalue weighted by Crippen LogP contribution is 2.27. The molecule has 0 spiro atoms. The van der Waals surface area contributed by atoms with Crippen LogP contribution in [-0.2, 0) is 0 Å². The zero-order chi connectivity index (χ0) is 10.5. The third kappa shape index (κ3) is 3.51. The topological polar surface area (TPSA) is 24.4 Å². The van der Waals surface area contributed by atoms with Crippen LogP contribution in [0.5, 0.6) is 0 Å². The van der Waals surface area contributed by atoms with Gasteiger partial charge in [0.25, 0.3) is 0 Å². The van der Waals surface area contributed by atoms with Gasteiger partial charge in [-0.05, 0) is 37.5 Å². The van der Waals surface area contributed by atoms with E-state index in [0.29, 0.717) is 0 Å². The molecule has 1 aliphatic carbocycles. The van der Waals surface area contributed by atoms with Crippen LogP contribution in [0.1, 0.15) is 51.9 Å². The lowest BCUT2D eigenvalue weighted by Gasteiger charge is -2.27. The molecule has 2 aliphatic rings. The summed E-state index contributed by atoms with van der Waals surface area (Å²) in [5.74, 6) is 3.15. The molecule has 1 saturated carbocycles.